The van der Waals surface area contributed by atoms with Crippen molar-refractivity contribution in [2.24, 2.45) is 16.1 Å². The highest BCUT2D eigenvalue weighted by atomic mass is 35.5. The van der Waals surface area contributed by atoms with Gasteiger partial charge >= 0.3 is 5.97 Å². The zero-order valence-electron chi connectivity index (χ0n) is 15.0. The number of nitrogens with one attached hydrogen (secondary N) is 1. The first-order chi connectivity index (χ1) is 13.4. The monoisotopic (exact) mass is 407 g/mol. The second-order valence-electron chi connectivity index (χ2n) is 6.56. The first-order valence-corrected chi connectivity index (χ1v) is 9.19. The van der Waals surface area contributed by atoms with Gasteiger partial charge in [-0.05, 0) is 30.9 Å². The van der Waals surface area contributed by atoms with Gasteiger partial charge in [0, 0.05) is 12.4 Å². The standard InChI is InChI=1S/C18H19ClFN5O3/c1-2-3-10-6-15(25-5-4-21-9-25)23-24-16(10)17(26)22-14-8-12(19)13(20)7-11(14)18(27)28/h4-5,7-10,15-16H,2-3,6H2,1H3,(H,22,26)(H,27,28). The Balaban J connectivity index is 1.84. The van der Waals surface area contributed by atoms with Crippen LogP contribution < -0.4 is 5.32 Å². The fourth-order valence-electron chi connectivity index (χ4n) is 3.26. The van der Waals surface area contributed by atoms with E-state index in [0.29, 0.717) is 6.42 Å². The van der Waals surface area contributed by atoms with Gasteiger partial charge in [-0.1, -0.05) is 24.9 Å². The van der Waals surface area contributed by atoms with E-state index in [0.717, 1.165) is 25.0 Å². The first kappa shape index (κ1) is 19.9. The predicted molar refractivity (Wildman–Crippen MR) is 99.9 cm³/mol. The lowest BCUT2D eigenvalue weighted by Crippen LogP contribution is -2.37. The Labute approximate surface area is 165 Å². The molecule has 28 heavy (non-hydrogen) atoms. The highest BCUT2D eigenvalue weighted by Gasteiger charge is 2.34. The van der Waals surface area contributed by atoms with E-state index in [2.05, 4.69) is 20.5 Å². The number of imidazole rings is 1. The Morgan fingerprint density at radius 2 is 2.18 bits per heavy atom. The molecule has 148 valence electrons. The van der Waals surface area contributed by atoms with Crippen LogP contribution in [0.15, 0.2) is 41.1 Å². The lowest BCUT2D eigenvalue weighted by Gasteiger charge is -2.29. The molecule has 2 heterocycles. The van der Waals surface area contributed by atoms with Gasteiger partial charge in [-0.15, -0.1) is 0 Å². The summed E-state index contributed by atoms with van der Waals surface area (Å²) >= 11 is 5.74. The molecule has 0 saturated carbocycles. The molecule has 1 aromatic carbocycles. The molecule has 3 rings (SSSR count). The molecule has 0 fully saturated rings. The number of hydrogen-bond donors (Lipinski definition) is 2. The third-order valence-electron chi connectivity index (χ3n) is 4.63. The largest absolute Gasteiger partial charge is 0.478 e. The number of rotatable bonds is 6. The minimum atomic E-state index is -1.37. The summed E-state index contributed by atoms with van der Waals surface area (Å²) in [4.78, 5) is 28.2. The number of carboxylic acids is 1. The van der Waals surface area contributed by atoms with Gasteiger partial charge in [0.1, 0.15) is 12.0 Å². The number of aromatic nitrogens is 2. The number of amides is 1. The van der Waals surface area contributed by atoms with E-state index in [4.69, 9.17) is 11.6 Å². The summed E-state index contributed by atoms with van der Waals surface area (Å²) < 4.78 is 15.4. The summed E-state index contributed by atoms with van der Waals surface area (Å²) in [7, 11) is 0. The van der Waals surface area contributed by atoms with Crippen molar-refractivity contribution in [3.05, 3.63) is 47.3 Å². The molecule has 1 aliphatic heterocycles. The van der Waals surface area contributed by atoms with Gasteiger partial charge in [0.05, 0.1) is 22.6 Å². The molecular weight excluding hydrogens is 389 g/mol. The summed E-state index contributed by atoms with van der Waals surface area (Å²) in [5.41, 5.74) is -0.461. The Bertz CT molecular complexity index is 903. The van der Waals surface area contributed by atoms with Crippen molar-refractivity contribution in [3.63, 3.8) is 0 Å². The van der Waals surface area contributed by atoms with Gasteiger partial charge in [-0.3, -0.25) is 4.79 Å². The number of nitrogens with zero attached hydrogens (tertiary/aromatic N) is 4. The number of benzene rings is 1. The summed E-state index contributed by atoms with van der Waals surface area (Å²) in [6.45, 7) is 2.01. The SMILES string of the molecule is CCCC1CC(n2ccnc2)N=NC1C(=O)Nc1cc(Cl)c(F)cc1C(=O)O. The molecule has 1 amide bonds. The highest BCUT2D eigenvalue weighted by molar-refractivity contribution is 6.31. The molecular formula is C18H19ClFN5O3. The number of azo groups is 1. The van der Waals surface area contributed by atoms with E-state index >= 15 is 0 Å². The zero-order valence-corrected chi connectivity index (χ0v) is 15.8. The topological polar surface area (TPSA) is 109 Å². The van der Waals surface area contributed by atoms with Gasteiger partial charge in [0.15, 0.2) is 6.04 Å². The quantitative estimate of drug-likeness (QED) is 0.749. The summed E-state index contributed by atoms with van der Waals surface area (Å²) in [5, 5.41) is 19.9. The maximum Gasteiger partial charge on any atom is 0.337 e. The van der Waals surface area contributed by atoms with Crippen molar-refractivity contribution in [3.8, 4) is 0 Å². The third kappa shape index (κ3) is 4.19. The van der Waals surface area contributed by atoms with Gasteiger partial charge < -0.3 is 15.0 Å². The number of halogens is 2. The second kappa shape index (κ2) is 8.47. The maximum atomic E-state index is 13.6. The molecule has 2 N–H and O–H groups in total. The Hall–Kier alpha value is -2.81. The minimum Gasteiger partial charge on any atom is -0.478 e. The van der Waals surface area contributed by atoms with Crippen LogP contribution in [0.2, 0.25) is 5.02 Å². The van der Waals surface area contributed by atoms with Gasteiger partial charge in [-0.25, -0.2) is 14.2 Å². The smallest absolute Gasteiger partial charge is 0.337 e. The number of anilines is 1. The van der Waals surface area contributed by atoms with E-state index in [1.807, 2.05) is 11.5 Å². The average Bonchev–Trinajstić information content (AvgIpc) is 3.19. The molecule has 8 nitrogen and oxygen atoms in total. The summed E-state index contributed by atoms with van der Waals surface area (Å²) in [5.74, 6) is -2.83. The Morgan fingerprint density at radius 3 is 2.82 bits per heavy atom. The number of carboxylic acid groups (broad SMARTS) is 1. The Morgan fingerprint density at radius 1 is 1.39 bits per heavy atom. The minimum absolute atomic E-state index is 0.0777. The highest BCUT2D eigenvalue weighted by Crippen LogP contribution is 2.33. The molecule has 0 saturated heterocycles. The second-order valence-corrected chi connectivity index (χ2v) is 6.96. The maximum absolute atomic E-state index is 13.6. The van der Waals surface area contributed by atoms with E-state index in [1.54, 1.807) is 18.7 Å². The molecule has 0 bridgehead atoms. The molecule has 2 aromatic rings. The first-order valence-electron chi connectivity index (χ1n) is 8.81. The summed E-state index contributed by atoms with van der Waals surface area (Å²) in [6.07, 6.45) is 7.04. The van der Waals surface area contributed by atoms with Crippen LogP contribution in [-0.4, -0.2) is 32.6 Å². The molecule has 0 radical (unpaired) electrons. The molecule has 3 atom stereocenters. The lowest BCUT2D eigenvalue weighted by atomic mass is 9.89. The molecule has 0 spiro atoms. The van der Waals surface area contributed by atoms with E-state index in [-0.39, 0.29) is 28.4 Å². The molecule has 0 aliphatic carbocycles. The normalized spacial score (nSPS) is 21.5. The van der Waals surface area contributed by atoms with Crippen LogP contribution in [-0.2, 0) is 4.79 Å². The molecule has 10 heteroatoms. The number of carbonyl (C=O) groups excluding carboxylic acids is 1. The van der Waals surface area contributed by atoms with Crippen LogP contribution in [0.25, 0.3) is 0 Å². The van der Waals surface area contributed by atoms with Crippen LogP contribution in [0.1, 0.15) is 42.7 Å². The van der Waals surface area contributed by atoms with E-state index in [9.17, 15) is 19.1 Å². The van der Waals surface area contributed by atoms with Crippen LogP contribution >= 0.6 is 11.6 Å². The van der Waals surface area contributed by atoms with Crippen molar-refractivity contribution < 1.29 is 19.1 Å². The van der Waals surface area contributed by atoms with Crippen molar-refractivity contribution in [1.82, 2.24) is 9.55 Å². The molecule has 3 unspecified atom stereocenters. The van der Waals surface area contributed by atoms with Gasteiger partial charge in [0.25, 0.3) is 5.91 Å². The fraction of sp³-hybridized carbons (Fsp3) is 0.389. The predicted octanol–water partition coefficient (Wildman–Crippen LogP) is 4.15. The number of hydrogen-bond acceptors (Lipinski definition) is 5. The summed E-state index contributed by atoms with van der Waals surface area (Å²) in [6, 6.07) is 1.09. The van der Waals surface area contributed by atoms with Crippen LogP contribution in [0, 0.1) is 11.7 Å². The van der Waals surface area contributed by atoms with Crippen molar-refractivity contribution in [2.45, 2.75) is 38.4 Å². The van der Waals surface area contributed by atoms with Crippen molar-refractivity contribution in [2.75, 3.05) is 5.32 Å². The average molecular weight is 408 g/mol. The van der Waals surface area contributed by atoms with Crippen LogP contribution in [0.5, 0.6) is 0 Å². The zero-order chi connectivity index (χ0) is 20.3. The molecule has 1 aliphatic rings. The van der Waals surface area contributed by atoms with Crippen LogP contribution in [0.3, 0.4) is 0 Å². The fourth-order valence-corrected chi connectivity index (χ4v) is 3.43. The van der Waals surface area contributed by atoms with E-state index < -0.39 is 23.7 Å². The van der Waals surface area contributed by atoms with Gasteiger partial charge in [-0.2, -0.15) is 10.2 Å². The van der Waals surface area contributed by atoms with Crippen molar-refractivity contribution in [1.29, 1.82) is 0 Å². The number of aromatic carboxylic acids is 1. The van der Waals surface area contributed by atoms with E-state index in [1.165, 1.54) is 0 Å². The lowest BCUT2D eigenvalue weighted by molar-refractivity contribution is -0.119. The third-order valence-corrected chi connectivity index (χ3v) is 4.92. The Kier molecular flexibility index (Phi) is 6.03. The molecule has 1 aromatic heterocycles. The van der Waals surface area contributed by atoms with Crippen molar-refractivity contribution >= 4 is 29.2 Å². The van der Waals surface area contributed by atoms with Gasteiger partial charge in [0.2, 0.25) is 0 Å². The number of carbonyl (C=O) groups is 2. The van der Waals surface area contributed by atoms with Crippen LogP contribution in [0.4, 0.5) is 10.1 Å².